The summed E-state index contributed by atoms with van der Waals surface area (Å²) >= 11 is 5.95. The minimum absolute atomic E-state index is 0.182. The van der Waals surface area contributed by atoms with Crippen LogP contribution in [0.2, 0.25) is 5.02 Å². The Balaban J connectivity index is 1.95. The highest BCUT2D eigenvalue weighted by atomic mass is 35.5. The number of halogens is 1. The van der Waals surface area contributed by atoms with E-state index in [0.717, 1.165) is 11.3 Å². The van der Waals surface area contributed by atoms with Gasteiger partial charge >= 0.3 is 0 Å². The van der Waals surface area contributed by atoms with Crippen LogP contribution in [-0.2, 0) is 9.53 Å². The van der Waals surface area contributed by atoms with E-state index < -0.39 is 0 Å². The highest BCUT2D eigenvalue weighted by Gasteiger charge is 2.27. The second kappa shape index (κ2) is 4.59. The minimum Gasteiger partial charge on any atom is -0.378 e. The van der Waals surface area contributed by atoms with Gasteiger partial charge in [0.25, 0.3) is 5.91 Å². The lowest BCUT2D eigenvalue weighted by atomic mass is 10.1. The van der Waals surface area contributed by atoms with Gasteiger partial charge in [-0.1, -0.05) is 11.6 Å². The molecular weight excluding hydrogens is 254 g/mol. The van der Waals surface area contributed by atoms with Crippen molar-refractivity contribution in [3.63, 3.8) is 0 Å². The molecule has 6 heteroatoms. The zero-order valence-corrected chi connectivity index (χ0v) is 10.4. The molecule has 1 aromatic rings. The minimum atomic E-state index is -0.182. The van der Waals surface area contributed by atoms with Gasteiger partial charge in [-0.2, -0.15) is 5.10 Å². The normalized spacial score (nSPS) is 21.1. The van der Waals surface area contributed by atoms with Gasteiger partial charge in [0, 0.05) is 10.6 Å². The molecule has 1 saturated heterocycles. The lowest BCUT2D eigenvalue weighted by Crippen LogP contribution is -2.34. The van der Waals surface area contributed by atoms with Gasteiger partial charge in [0.1, 0.15) is 0 Å². The maximum atomic E-state index is 11.9. The van der Waals surface area contributed by atoms with Crippen molar-refractivity contribution in [2.24, 2.45) is 5.10 Å². The summed E-state index contributed by atoms with van der Waals surface area (Å²) in [6.45, 7) is 2.68. The highest BCUT2D eigenvalue weighted by molar-refractivity contribution is 6.54. The first kappa shape index (κ1) is 11.5. The fourth-order valence-electron chi connectivity index (χ4n) is 2.02. The molecule has 1 N–H and O–H groups in total. The number of ether oxygens (including phenoxy) is 1. The molecule has 0 bridgehead atoms. The van der Waals surface area contributed by atoms with Crippen LogP contribution in [0.25, 0.3) is 0 Å². The number of nitrogens with one attached hydrogen (secondary N) is 1. The Bertz CT molecular complexity index is 524. The topological polar surface area (TPSA) is 53.9 Å². The Morgan fingerprint density at radius 2 is 2.11 bits per heavy atom. The highest BCUT2D eigenvalue weighted by Crippen LogP contribution is 2.26. The lowest BCUT2D eigenvalue weighted by Gasteiger charge is -2.24. The van der Waals surface area contributed by atoms with Crippen molar-refractivity contribution in [2.45, 2.75) is 0 Å². The molecule has 1 amide bonds. The molecule has 0 unspecified atom stereocenters. The molecule has 3 rings (SSSR count). The summed E-state index contributed by atoms with van der Waals surface area (Å²) in [5.41, 5.74) is 1.95. The van der Waals surface area contributed by atoms with E-state index in [0.29, 0.717) is 37.0 Å². The Morgan fingerprint density at radius 1 is 1.33 bits per heavy atom. The van der Waals surface area contributed by atoms with Gasteiger partial charge < -0.3 is 10.1 Å². The van der Waals surface area contributed by atoms with Crippen LogP contribution in [0.4, 0.5) is 5.69 Å². The van der Waals surface area contributed by atoms with Crippen molar-refractivity contribution in [3.8, 4) is 0 Å². The van der Waals surface area contributed by atoms with Crippen LogP contribution < -0.4 is 5.32 Å². The van der Waals surface area contributed by atoms with E-state index in [2.05, 4.69) is 10.4 Å². The van der Waals surface area contributed by atoms with E-state index >= 15 is 0 Å². The molecule has 2 heterocycles. The molecule has 1 fully saturated rings. The van der Waals surface area contributed by atoms with Crippen LogP contribution >= 0.6 is 11.6 Å². The second-order valence-electron chi connectivity index (χ2n) is 4.16. The van der Waals surface area contributed by atoms with Gasteiger partial charge in [0.15, 0.2) is 5.71 Å². The number of carbonyl (C=O) groups is 1. The average Bonchev–Trinajstić information content (AvgIpc) is 2.67. The number of hydrogen-bond acceptors (Lipinski definition) is 4. The summed E-state index contributed by atoms with van der Waals surface area (Å²) in [6.07, 6.45) is 0. The van der Waals surface area contributed by atoms with Crippen molar-refractivity contribution < 1.29 is 9.53 Å². The quantitative estimate of drug-likeness (QED) is 0.833. The molecule has 18 heavy (non-hydrogen) atoms. The maximum absolute atomic E-state index is 11.9. The molecule has 1 aromatic carbocycles. The van der Waals surface area contributed by atoms with Gasteiger partial charge in [-0.05, 0) is 18.2 Å². The van der Waals surface area contributed by atoms with Crippen molar-refractivity contribution >= 4 is 28.9 Å². The van der Waals surface area contributed by atoms with E-state index in [1.54, 1.807) is 18.2 Å². The molecule has 0 saturated carbocycles. The van der Waals surface area contributed by atoms with E-state index in [4.69, 9.17) is 16.3 Å². The average molecular weight is 266 g/mol. The first-order valence-corrected chi connectivity index (χ1v) is 6.14. The molecular formula is C12H12ClN3O2. The largest absolute Gasteiger partial charge is 0.378 e. The molecule has 2 aliphatic heterocycles. The number of morpholine rings is 1. The number of benzene rings is 1. The molecule has 0 atom stereocenters. The third-order valence-corrected chi connectivity index (χ3v) is 3.16. The zero-order chi connectivity index (χ0) is 12.5. The summed E-state index contributed by atoms with van der Waals surface area (Å²) in [6, 6.07) is 5.30. The van der Waals surface area contributed by atoms with Crippen molar-refractivity contribution in [1.82, 2.24) is 5.01 Å². The molecule has 0 radical (unpaired) electrons. The zero-order valence-electron chi connectivity index (χ0n) is 9.65. The molecule has 2 aliphatic rings. The van der Waals surface area contributed by atoms with Crippen LogP contribution in [0, 0.1) is 0 Å². The summed E-state index contributed by atoms with van der Waals surface area (Å²) in [4.78, 5) is 11.9. The number of hydrazone groups is 1. The number of amides is 1. The van der Waals surface area contributed by atoms with Gasteiger partial charge in [-0.3, -0.25) is 9.80 Å². The summed E-state index contributed by atoms with van der Waals surface area (Å²) in [5.74, 6) is -0.182. The SMILES string of the molecule is O=C1Nc2ccc(Cl)cc2/C1=N/N1CCOCC1. The monoisotopic (exact) mass is 265 g/mol. The first-order chi connectivity index (χ1) is 8.74. The van der Waals surface area contributed by atoms with Gasteiger partial charge in [-0.25, -0.2) is 0 Å². The Kier molecular flexibility index (Phi) is 2.93. The first-order valence-electron chi connectivity index (χ1n) is 5.76. The Labute approximate surface area is 109 Å². The number of fused-ring (bicyclic) bond motifs is 1. The fraction of sp³-hybridized carbons (Fsp3) is 0.333. The Hall–Kier alpha value is -1.59. The van der Waals surface area contributed by atoms with Crippen molar-refractivity contribution in [3.05, 3.63) is 28.8 Å². The Morgan fingerprint density at radius 3 is 2.89 bits per heavy atom. The van der Waals surface area contributed by atoms with Crippen LogP contribution in [0.3, 0.4) is 0 Å². The maximum Gasteiger partial charge on any atom is 0.276 e. The van der Waals surface area contributed by atoms with E-state index in [-0.39, 0.29) is 5.91 Å². The summed E-state index contributed by atoms with van der Waals surface area (Å²) in [5, 5.41) is 9.63. The van der Waals surface area contributed by atoms with Crippen molar-refractivity contribution in [2.75, 3.05) is 31.6 Å². The predicted molar refractivity (Wildman–Crippen MR) is 69.0 cm³/mol. The molecule has 94 valence electrons. The summed E-state index contributed by atoms with van der Waals surface area (Å²) in [7, 11) is 0. The van der Waals surface area contributed by atoms with Crippen LogP contribution in [0.15, 0.2) is 23.3 Å². The number of hydrogen-bond donors (Lipinski definition) is 1. The summed E-state index contributed by atoms with van der Waals surface area (Å²) < 4.78 is 5.25. The number of anilines is 1. The lowest BCUT2D eigenvalue weighted by molar-refractivity contribution is -0.110. The molecule has 5 nitrogen and oxygen atoms in total. The second-order valence-corrected chi connectivity index (χ2v) is 4.60. The fourth-order valence-corrected chi connectivity index (χ4v) is 2.19. The van der Waals surface area contributed by atoms with Crippen LogP contribution in [-0.4, -0.2) is 42.9 Å². The van der Waals surface area contributed by atoms with Crippen molar-refractivity contribution in [1.29, 1.82) is 0 Å². The number of carbonyl (C=O) groups excluding carboxylic acids is 1. The smallest absolute Gasteiger partial charge is 0.276 e. The van der Waals surface area contributed by atoms with Crippen LogP contribution in [0.1, 0.15) is 5.56 Å². The molecule has 0 spiro atoms. The number of rotatable bonds is 1. The van der Waals surface area contributed by atoms with E-state index in [9.17, 15) is 4.79 Å². The number of nitrogens with zero attached hydrogens (tertiary/aromatic N) is 2. The standard InChI is InChI=1S/C12H12ClN3O2/c13-8-1-2-10-9(7-8)11(12(17)14-10)15-16-3-5-18-6-4-16/h1-2,7H,3-6H2,(H,14,15,17). The van der Waals surface area contributed by atoms with E-state index in [1.807, 2.05) is 5.01 Å². The third kappa shape index (κ3) is 2.07. The van der Waals surface area contributed by atoms with Gasteiger partial charge in [-0.15, -0.1) is 0 Å². The van der Waals surface area contributed by atoms with Gasteiger partial charge in [0.05, 0.1) is 32.0 Å². The van der Waals surface area contributed by atoms with Gasteiger partial charge in [0.2, 0.25) is 0 Å². The molecule has 0 aromatic heterocycles. The third-order valence-electron chi connectivity index (χ3n) is 2.93. The molecule has 0 aliphatic carbocycles. The predicted octanol–water partition coefficient (Wildman–Crippen LogP) is 1.33. The van der Waals surface area contributed by atoms with Crippen LogP contribution in [0.5, 0.6) is 0 Å². The van der Waals surface area contributed by atoms with E-state index in [1.165, 1.54) is 0 Å².